The highest BCUT2D eigenvalue weighted by atomic mass is 32.2. The third kappa shape index (κ3) is 5.61. The molecule has 1 aliphatic carbocycles. The van der Waals surface area contributed by atoms with E-state index in [1.807, 2.05) is 19.3 Å². The second-order valence-electron chi connectivity index (χ2n) is 6.20. The zero-order valence-electron chi connectivity index (χ0n) is 13.8. The van der Waals surface area contributed by atoms with Gasteiger partial charge in [-0.25, -0.2) is 4.98 Å². The van der Waals surface area contributed by atoms with E-state index in [1.54, 1.807) is 0 Å². The highest BCUT2D eigenvalue weighted by molar-refractivity contribution is 8.00. The van der Waals surface area contributed by atoms with Crippen LogP contribution >= 0.6 is 11.8 Å². The number of thioether (sulfide) groups is 1. The van der Waals surface area contributed by atoms with Gasteiger partial charge in [-0.15, -0.1) is 0 Å². The molecule has 2 heterocycles. The molecule has 2 N–H and O–H groups in total. The number of guanidine groups is 1. The zero-order chi connectivity index (χ0) is 15.9. The lowest BCUT2D eigenvalue weighted by Gasteiger charge is -2.14. The first-order valence-corrected chi connectivity index (χ1v) is 9.52. The third-order valence-corrected chi connectivity index (χ3v) is 5.56. The lowest BCUT2D eigenvalue weighted by molar-refractivity contribution is 0.288. The molecule has 126 valence electrons. The van der Waals surface area contributed by atoms with Crippen molar-refractivity contribution in [2.45, 2.75) is 37.5 Å². The van der Waals surface area contributed by atoms with Gasteiger partial charge in [-0.3, -0.25) is 4.99 Å². The van der Waals surface area contributed by atoms with Crippen LogP contribution in [0.25, 0.3) is 0 Å². The summed E-state index contributed by atoms with van der Waals surface area (Å²) in [4.78, 5) is 8.64. The first-order chi connectivity index (χ1) is 11.3. The molecule has 1 atom stereocenters. The van der Waals surface area contributed by atoms with Gasteiger partial charge in [-0.05, 0) is 42.9 Å². The molecule has 2 aliphatic rings. The normalized spacial score (nSPS) is 21.3. The molecule has 5 nitrogen and oxygen atoms in total. The minimum Gasteiger partial charge on any atom is -0.477 e. The van der Waals surface area contributed by atoms with Crippen LogP contribution in [-0.4, -0.2) is 42.1 Å². The fraction of sp³-hybridized carbons (Fsp3) is 0.647. The number of aliphatic imine (C=N–C) groups is 1. The van der Waals surface area contributed by atoms with Crippen LogP contribution < -0.4 is 15.4 Å². The second-order valence-corrected chi connectivity index (χ2v) is 7.61. The highest BCUT2D eigenvalue weighted by Gasteiger charge is 2.22. The van der Waals surface area contributed by atoms with Gasteiger partial charge in [0.05, 0.1) is 6.61 Å². The minimum atomic E-state index is 0.716. The number of nitrogens with one attached hydrogen (secondary N) is 2. The Bertz CT molecular complexity index is 510. The number of pyridine rings is 1. The van der Waals surface area contributed by atoms with E-state index in [0.29, 0.717) is 6.54 Å². The summed E-state index contributed by atoms with van der Waals surface area (Å²) in [5.41, 5.74) is 1.13. The van der Waals surface area contributed by atoms with Crippen LogP contribution in [0.3, 0.4) is 0 Å². The quantitative estimate of drug-likeness (QED) is 0.592. The van der Waals surface area contributed by atoms with E-state index in [4.69, 9.17) is 4.74 Å². The zero-order valence-corrected chi connectivity index (χ0v) is 14.6. The molecule has 1 aromatic heterocycles. The van der Waals surface area contributed by atoms with Crippen molar-refractivity contribution in [1.82, 2.24) is 15.6 Å². The Labute approximate surface area is 142 Å². The Morgan fingerprint density at radius 3 is 2.91 bits per heavy atom. The average Bonchev–Trinajstić information content (AvgIpc) is 3.28. The summed E-state index contributed by atoms with van der Waals surface area (Å²) in [5, 5.41) is 7.46. The van der Waals surface area contributed by atoms with Gasteiger partial charge < -0.3 is 15.4 Å². The molecule has 23 heavy (non-hydrogen) atoms. The molecule has 1 aromatic rings. The fourth-order valence-electron chi connectivity index (χ4n) is 2.51. The molecule has 1 aliphatic heterocycles. The summed E-state index contributed by atoms with van der Waals surface area (Å²) in [7, 11) is 1.81. The fourth-order valence-corrected chi connectivity index (χ4v) is 3.71. The summed E-state index contributed by atoms with van der Waals surface area (Å²) in [6, 6.07) is 4.01. The summed E-state index contributed by atoms with van der Waals surface area (Å²) < 4.78 is 5.66. The topological polar surface area (TPSA) is 58.5 Å². The molecule has 0 bridgehead atoms. The molecular formula is C17H26N4OS. The van der Waals surface area contributed by atoms with Crippen molar-refractivity contribution in [3.05, 3.63) is 23.9 Å². The molecule has 1 saturated carbocycles. The molecule has 3 rings (SSSR count). The predicted molar refractivity (Wildman–Crippen MR) is 96.1 cm³/mol. The summed E-state index contributed by atoms with van der Waals surface area (Å²) >= 11 is 2.05. The van der Waals surface area contributed by atoms with Crippen LogP contribution in [0.4, 0.5) is 0 Å². The predicted octanol–water partition coefficient (Wildman–Crippen LogP) is 2.43. The van der Waals surface area contributed by atoms with Gasteiger partial charge in [-0.1, -0.05) is 6.07 Å². The molecule has 0 radical (unpaired) electrons. The average molecular weight is 334 g/mol. The number of aromatic nitrogens is 1. The Morgan fingerprint density at radius 2 is 2.26 bits per heavy atom. The van der Waals surface area contributed by atoms with Gasteiger partial charge in [0, 0.05) is 37.7 Å². The van der Waals surface area contributed by atoms with E-state index >= 15 is 0 Å². The lowest BCUT2D eigenvalue weighted by Crippen LogP contribution is -2.39. The Kier molecular flexibility index (Phi) is 6.02. The van der Waals surface area contributed by atoms with Crippen LogP contribution in [0.15, 0.2) is 23.3 Å². The minimum absolute atomic E-state index is 0.716. The number of hydrogen-bond acceptors (Lipinski definition) is 4. The van der Waals surface area contributed by atoms with Gasteiger partial charge in [0.15, 0.2) is 5.96 Å². The van der Waals surface area contributed by atoms with Crippen LogP contribution in [0.5, 0.6) is 5.88 Å². The molecule has 6 heteroatoms. The van der Waals surface area contributed by atoms with Crippen molar-refractivity contribution in [3.63, 3.8) is 0 Å². The van der Waals surface area contributed by atoms with Crippen LogP contribution in [0, 0.1) is 5.92 Å². The largest absolute Gasteiger partial charge is 0.477 e. The standard InChI is InChI=1S/C17H26N4OS/c1-18-17(21-11-15-3-2-8-23-15)20-10-14-6-7-16(19-9-14)22-12-13-4-5-13/h6-7,9,13,15H,2-5,8,10-12H2,1H3,(H2,18,20,21). The molecule has 2 fully saturated rings. The third-order valence-electron chi connectivity index (χ3n) is 4.17. The summed E-state index contributed by atoms with van der Waals surface area (Å²) in [5.74, 6) is 3.62. The summed E-state index contributed by atoms with van der Waals surface area (Å²) in [6.07, 6.45) is 7.11. The summed E-state index contributed by atoms with van der Waals surface area (Å²) in [6.45, 7) is 2.50. The number of rotatable bonds is 7. The van der Waals surface area contributed by atoms with Crippen molar-refractivity contribution >= 4 is 17.7 Å². The lowest BCUT2D eigenvalue weighted by atomic mass is 10.2. The Morgan fingerprint density at radius 1 is 1.35 bits per heavy atom. The van der Waals surface area contributed by atoms with Gasteiger partial charge >= 0.3 is 0 Å². The highest BCUT2D eigenvalue weighted by Crippen LogP contribution is 2.29. The smallest absolute Gasteiger partial charge is 0.213 e. The Hall–Kier alpha value is -1.43. The first kappa shape index (κ1) is 16.4. The maximum Gasteiger partial charge on any atom is 0.213 e. The Balaban J connectivity index is 1.38. The maximum atomic E-state index is 5.66. The number of nitrogens with zero attached hydrogens (tertiary/aromatic N) is 2. The first-order valence-electron chi connectivity index (χ1n) is 8.47. The van der Waals surface area contributed by atoms with E-state index in [2.05, 4.69) is 38.4 Å². The number of hydrogen-bond donors (Lipinski definition) is 2. The second kappa shape index (κ2) is 8.43. The van der Waals surface area contributed by atoms with Crippen molar-refractivity contribution in [3.8, 4) is 5.88 Å². The van der Waals surface area contributed by atoms with Gasteiger partial charge in [0.25, 0.3) is 0 Å². The number of ether oxygens (including phenoxy) is 1. The van der Waals surface area contributed by atoms with Crippen molar-refractivity contribution < 1.29 is 4.74 Å². The molecule has 0 spiro atoms. The maximum absolute atomic E-state index is 5.66. The van der Waals surface area contributed by atoms with E-state index in [1.165, 1.54) is 31.4 Å². The van der Waals surface area contributed by atoms with Crippen molar-refractivity contribution in [1.29, 1.82) is 0 Å². The van der Waals surface area contributed by atoms with Crippen molar-refractivity contribution in [2.24, 2.45) is 10.9 Å². The molecule has 1 unspecified atom stereocenters. The molecular weight excluding hydrogens is 308 g/mol. The van der Waals surface area contributed by atoms with Crippen LogP contribution in [0.1, 0.15) is 31.2 Å². The van der Waals surface area contributed by atoms with Crippen molar-refractivity contribution in [2.75, 3.05) is 26.0 Å². The van der Waals surface area contributed by atoms with E-state index in [-0.39, 0.29) is 0 Å². The van der Waals surface area contributed by atoms with E-state index in [0.717, 1.165) is 41.7 Å². The molecule has 1 saturated heterocycles. The van der Waals surface area contributed by atoms with Crippen LogP contribution in [0.2, 0.25) is 0 Å². The SMILES string of the molecule is CN=C(NCc1ccc(OCC2CC2)nc1)NCC1CCCS1. The van der Waals surface area contributed by atoms with E-state index < -0.39 is 0 Å². The van der Waals surface area contributed by atoms with Gasteiger partial charge in [0.2, 0.25) is 5.88 Å². The molecule has 0 amide bonds. The molecule has 0 aromatic carbocycles. The van der Waals surface area contributed by atoms with Gasteiger partial charge in [0.1, 0.15) is 0 Å². The van der Waals surface area contributed by atoms with Crippen LogP contribution in [-0.2, 0) is 6.54 Å². The van der Waals surface area contributed by atoms with Gasteiger partial charge in [-0.2, -0.15) is 11.8 Å². The van der Waals surface area contributed by atoms with E-state index in [9.17, 15) is 0 Å². The monoisotopic (exact) mass is 334 g/mol.